The Hall–Kier alpha value is -0.850. The van der Waals surface area contributed by atoms with Crippen molar-refractivity contribution in [2.75, 3.05) is 0 Å². The number of aromatic nitrogens is 5. The molecular formula is C7H5Cl2N5S. The Morgan fingerprint density at radius 1 is 1.33 bits per heavy atom. The Balaban J connectivity index is 2.27. The molecule has 2 aromatic heterocycles. The number of aromatic amines is 1. The SMILES string of the molecule is Cc1nc(Sc2cc(Cl)nnc2Cl)n[nH]1. The predicted octanol–water partition coefficient (Wildman–Crippen LogP) is 2.36. The second-order valence-corrected chi connectivity index (χ2v) is 4.38. The number of aryl methyl sites for hydroxylation is 1. The van der Waals surface area contributed by atoms with Crippen molar-refractivity contribution in [1.29, 1.82) is 0 Å². The third-order valence-electron chi connectivity index (χ3n) is 1.46. The van der Waals surface area contributed by atoms with Gasteiger partial charge in [-0.3, -0.25) is 5.10 Å². The van der Waals surface area contributed by atoms with Crippen molar-refractivity contribution in [3.05, 3.63) is 22.2 Å². The summed E-state index contributed by atoms with van der Waals surface area (Å²) in [6.45, 7) is 1.82. The zero-order valence-electron chi connectivity index (χ0n) is 7.53. The van der Waals surface area contributed by atoms with Gasteiger partial charge >= 0.3 is 0 Å². The molecule has 0 aromatic carbocycles. The summed E-state index contributed by atoms with van der Waals surface area (Å²) in [6.07, 6.45) is 0. The quantitative estimate of drug-likeness (QED) is 0.899. The van der Waals surface area contributed by atoms with E-state index in [1.807, 2.05) is 6.92 Å². The van der Waals surface area contributed by atoms with Gasteiger partial charge in [-0.25, -0.2) is 4.98 Å². The molecule has 0 saturated heterocycles. The lowest BCUT2D eigenvalue weighted by molar-refractivity contribution is 0.962. The van der Waals surface area contributed by atoms with Gasteiger partial charge in [0.25, 0.3) is 0 Å². The van der Waals surface area contributed by atoms with Crippen LogP contribution in [-0.2, 0) is 0 Å². The normalized spacial score (nSPS) is 10.6. The van der Waals surface area contributed by atoms with Gasteiger partial charge in [0.1, 0.15) is 5.82 Å². The summed E-state index contributed by atoms with van der Waals surface area (Å²) in [7, 11) is 0. The molecule has 15 heavy (non-hydrogen) atoms. The number of hydrogen-bond donors (Lipinski definition) is 1. The van der Waals surface area contributed by atoms with Gasteiger partial charge in [-0.05, 0) is 24.8 Å². The van der Waals surface area contributed by atoms with Crippen LogP contribution in [0.5, 0.6) is 0 Å². The number of rotatable bonds is 2. The highest BCUT2D eigenvalue weighted by Gasteiger charge is 2.09. The van der Waals surface area contributed by atoms with Gasteiger partial charge in [-0.15, -0.1) is 15.3 Å². The molecule has 0 bridgehead atoms. The molecule has 0 aliphatic carbocycles. The van der Waals surface area contributed by atoms with Crippen LogP contribution >= 0.6 is 35.0 Å². The second-order valence-electron chi connectivity index (χ2n) is 2.63. The number of H-pyrrole nitrogens is 1. The zero-order valence-corrected chi connectivity index (χ0v) is 9.86. The molecule has 2 heterocycles. The van der Waals surface area contributed by atoms with E-state index in [1.54, 1.807) is 6.07 Å². The van der Waals surface area contributed by atoms with E-state index < -0.39 is 0 Å². The van der Waals surface area contributed by atoms with Crippen molar-refractivity contribution in [2.24, 2.45) is 0 Å². The number of hydrogen-bond acceptors (Lipinski definition) is 5. The fraction of sp³-hybridized carbons (Fsp3) is 0.143. The first-order valence-electron chi connectivity index (χ1n) is 3.91. The minimum atomic E-state index is 0.284. The molecule has 0 unspecified atom stereocenters. The van der Waals surface area contributed by atoms with E-state index in [0.717, 1.165) is 5.82 Å². The molecule has 8 heteroatoms. The predicted molar refractivity (Wildman–Crippen MR) is 57.3 cm³/mol. The highest BCUT2D eigenvalue weighted by Crippen LogP contribution is 2.30. The lowest BCUT2D eigenvalue weighted by Gasteiger charge is -1.98. The number of nitrogens with one attached hydrogen (secondary N) is 1. The van der Waals surface area contributed by atoms with Crippen LogP contribution in [-0.4, -0.2) is 25.4 Å². The maximum Gasteiger partial charge on any atom is 0.213 e. The molecular weight excluding hydrogens is 257 g/mol. The van der Waals surface area contributed by atoms with Crippen LogP contribution in [0, 0.1) is 6.92 Å². The molecule has 0 saturated carbocycles. The fourth-order valence-corrected chi connectivity index (χ4v) is 2.06. The first-order valence-corrected chi connectivity index (χ1v) is 5.48. The smallest absolute Gasteiger partial charge is 0.213 e. The van der Waals surface area contributed by atoms with Crippen molar-refractivity contribution < 1.29 is 0 Å². The molecule has 2 rings (SSSR count). The van der Waals surface area contributed by atoms with E-state index >= 15 is 0 Å². The van der Waals surface area contributed by atoms with Crippen LogP contribution in [0.25, 0.3) is 0 Å². The topological polar surface area (TPSA) is 67.3 Å². The average Bonchev–Trinajstić information content (AvgIpc) is 2.58. The molecule has 0 atom stereocenters. The van der Waals surface area contributed by atoms with Crippen LogP contribution in [0.15, 0.2) is 16.1 Å². The lowest BCUT2D eigenvalue weighted by Crippen LogP contribution is -1.86. The van der Waals surface area contributed by atoms with Gasteiger partial charge in [0.05, 0.1) is 4.90 Å². The standard InChI is InChI=1S/C7H5Cl2N5S/c1-3-10-7(14-11-3)15-4-2-5(8)12-13-6(4)9/h2H,1H3,(H,10,11,14). The van der Waals surface area contributed by atoms with Crippen molar-refractivity contribution in [1.82, 2.24) is 25.4 Å². The van der Waals surface area contributed by atoms with Gasteiger partial charge in [-0.2, -0.15) is 0 Å². The summed E-state index contributed by atoms with van der Waals surface area (Å²) in [6, 6.07) is 1.62. The van der Waals surface area contributed by atoms with E-state index in [2.05, 4.69) is 25.4 Å². The first-order chi connectivity index (χ1) is 7.15. The molecule has 5 nitrogen and oxygen atoms in total. The Morgan fingerprint density at radius 3 is 2.80 bits per heavy atom. The summed E-state index contributed by atoms with van der Waals surface area (Å²) >= 11 is 12.8. The summed E-state index contributed by atoms with van der Waals surface area (Å²) < 4.78 is 0. The Labute approximate surface area is 99.6 Å². The monoisotopic (exact) mass is 261 g/mol. The van der Waals surface area contributed by atoms with Crippen molar-refractivity contribution in [3.8, 4) is 0 Å². The van der Waals surface area contributed by atoms with Crippen LogP contribution in [0.4, 0.5) is 0 Å². The highest BCUT2D eigenvalue weighted by atomic mass is 35.5. The van der Waals surface area contributed by atoms with Gasteiger partial charge < -0.3 is 0 Å². The van der Waals surface area contributed by atoms with E-state index in [0.29, 0.717) is 10.1 Å². The van der Waals surface area contributed by atoms with E-state index in [1.165, 1.54) is 11.8 Å². The van der Waals surface area contributed by atoms with Gasteiger partial charge in [0.2, 0.25) is 5.16 Å². The third kappa shape index (κ3) is 2.58. The molecule has 78 valence electrons. The third-order valence-corrected chi connectivity index (χ3v) is 2.94. The molecule has 2 aromatic rings. The Bertz CT molecular complexity index is 486. The average molecular weight is 262 g/mol. The second kappa shape index (κ2) is 4.34. The van der Waals surface area contributed by atoms with Gasteiger partial charge in [-0.1, -0.05) is 23.2 Å². The lowest BCUT2D eigenvalue weighted by atomic mass is 10.6. The fourth-order valence-electron chi connectivity index (χ4n) is 0.875. The molecule has 0 aliphatic rings. The molecule has 0 aliphatic heterocycles. The maximum absolute atomic E-state index is 5.83. The van der Waals surface area contributed by atoms with Crippen LogP contribution in [0.1, 0.15) is 5.82 Å². The summed E-state index contributed by atoms with van der Waals surface area (Å²) in [5.41, 5.74) is 0. The minimum Gasteiger partial charge on any atom is -0.262 e. The molecule has 0 spiro atoms. The molecule has 0 radical (unpaired) electrons. The van der Waals surface area contributed by atoms with Crippen molar-refractivity contribution in [2.45, 2.75) is 17.0 Å². The zero-order chi connectivity index (χ0) is 10.8. The molecule has 1 N–H and O–H groups in total. The van der Waals surface area contributed by atoms with Crippen molar-refractivity contribution in [3.63, 3.8) is 0 Å². The molecule has 0 fully saturated rings. The van der Waals surface area contributed by atoms with E-state index in [4.69, 9.17) is 23.2 Å². The highest BCUT2D eigenvalue weighted by molar-refractivity contribution is 7.99. The summed E-state index contributed by atoms with van der Waals surface area (Å²) in [5, 5.41) is 15.1. The van der Waals surface area contributed by atoms with Crippen LogP contribution in [0.3, 0.4) is 0 Å². The molecule has 0 amide bonds. The minimum absolute atomic E-state index is 0.284. The van der Waals surface area contributed by atoms with Gasteiger partial charge in [0.15, 0.2) is 10.3 Å². The maximum atomic E-state index is 5.83. The largest absolute Gasteiger partial charge is 0.262 e. The number of halogens is 2. The van der Waals surface area contributed by atoms with E-state index in [-0.39, 0.29) is 10.3 Å². The number of nitrogens with zero attached hydrogens (tertiary/aromatic N) is 4. The summed E-state index contributed by atoms with van der Waals surface area (Å²) in [4.78, 5) is 4.80. The van der Waals surface area contributed by atoms with Crippen LogP contribution in [0.2, 0.25) is 10.3 Å². The Morgan fingerprint density at radius 2 is 2.13 bits per heavy atom. The van der Waals surface area contributed by atoms with Crippen molar-refractivity contribution >= 4 is 35.0 Å². The van der Waals surface area contributed by atoms with E-state index in [9.17, 15) is 0 Å². The Kier molecular flexibility index (Phi) is 3.08. The summed E-state index contributed by atoms with van der Waals surface area (Å²) in [5.74, 6) is 0.738. The van der Waals surface area contributed by atoms with Crippen LogP contribution < -0.4 is 0 Å². The van der Waals surface area contributed by atoms with Gasteiger partial charge in [0, 0.05) is 0 Å². The first kappa shape index (κ1) is 10.7.